The molecule has 0 atom stereocenters. The Balaban J connectivity index is 1.19. The second-order valence-corrected chi connectivity index (χ2v) is 13.6. The monoisotopic (exact) mass is 646 g/mol. The van der Waals surface area contributed by atoms with Gasteiger partial charge >= 0.3 is 0 Å². The predicted molar refractivity (Wildman–Crippen MR) is 218 cm³/mol. The summed E-state index contributed by atoms with van der Waals surface area (Å²) in [6.45, 7) is 0. The van der Waals surface area contributed by atoms with Crippen LogP contribution >= 0.6 is 0 Å². The first kappa shape index (κ1) is 28.2. The highest BCUT2D eigenvalue weighted by Gasteiger charge is 2.21. The number of furan rings is 1. The van der Waals surface area contributed by atoms with Gasteiger partial charge in [0.1, 0.15) is 11.2 Å². The third-order valence-electron chi connectivity index (χ3n) is 10.8. The van der Waals surface area contributed by atoms with Gasteiger partial charge in [0.15, 0.2) is 0 Å². The quantitative estimate of drug-likeness (QED) is 0.174. The van der Waals surface area contributed by atoms with Crippen molar-refractivity contribution in [2.24, 2.45) is 0 Å². The fourth-order valence-electron chi connectivity index (χ4n) is 8.61. The Morgan fingerprint density at radius 2 is 0.824 bits per heavy atom. The third-order valence-corrected chi connectivity index (χ3v) is 10.8. The minimum Gasteiger partial charge on any atom is -0.455 e. The molecular weight excluding hydrogens is 617 g/mol. The van der Waals surface area contributed by atoms with E-state index in [1.165, 1.54) is 87.1 Å². The molecule has 0 aliphatic carbocycles. The molecule has 51 heavy (non-hydrogen) atoms. The van der Waals surface area contributed by atoms with Gasteiger partial charge in [-0.05, 0) is 93.8 Å². The molecule has 0 aliphatic heterocycles. The molecule has 11 rings (SSSR count). The van der Waals surface area contributed by atoms with Crippen molar-refractivity contribution in [1.29, 1.82) is 0 Å². The molecule has 236 valence electrons. The molecule has 1 nitrogen and oxygen atoms in total. The lowest BCUT2D eigenvalue weighted by Crippen LogP contribution is -1.92. The van der Waals surface area contributed by atoms with E-state index in [1.807, 2.05) is 0 Å². The van der Waals surface area contributed by atoms with Crippen molar-refractivity contribution in [1.82, 2.24) is 0 Å². The van der Waals surface area contributed by atoms with Crippen LogP contribution in [0.4, 0.5) is 0 Å². The van der Waals surface area contributed by atoms with Gasteiger partial charge in [0.2, 0.25) is 0 Å². The lowest BCUT2D eigenvalue weighted by atomic mass is 9.83. The molecule has 1 heteroatoms. The zero-order chi connectivity index (χ0) is 33.5. The van der Waals surface area contributed by atoms with Crippen LogP contribution in [0.1, 0.15) is 0 Å². The van der Waals surface area contributed by atoms with Crippen molar-refractivity contribution in [3.8, 4) is 33.4 Å². The van der Waals surface area contributed by atoms with E-state index in [1.54, 1.807) is 0 Å². The highest BCUT2D eigenvalue weighted by Crippen LogP contribution is 2.48. The second-order valence-electron chi connectivity index (χ2n) is 13.6. The summed E-state index contributed by atoms with van der Waals surface area (Å²) in [7, 11) is 0. The molecule has 0 amide bonds. The van der Waals surface area contributed by atoms with E-state index in [4.69, 9.17) is 4.42 Å². The van der Waals surface area contributed by atoms with Gasteiger partial charge in [-0.1, -0.05) is 170 Å². The van der Waals surface area contributed by atoms with Gasteiger partial charge in [0.05, 0.1) is 0 Å². The predicted octanol–water partition coefficient (Wildman–Crippen LogP) is 14.4. The number of hydrogen-bond donors (Lipinski definition) is 0. The van der Waals surface area contributed by atoms with Gasteiger partial charge in [0, 0.05) is 16.3 Å². The van der Waals surface area contributed by atoms with E-state index in [-0.39, 0.29) is 0 Å². The number of rotatable bonds is 3. The molecule has 0 N–H and O–H groups in total. The molecule has 10 aromatic carbocycles. The van der Waals surface area contributed by atoms with Crippen LogP contribution in [0.2, 0.25) is 0 Å². The number of benzene rings is 10. The summed E-state index contributed by atoms with van der Waals surface area (Å²) in [6.07, 6.45) is 0. The normalized spacial score (nSPS) is 11.9. The zero-order valence-corrected chi connectivity index (χ0v) is 27.7. The number of para-hydroxylation sites is 1. The van der Waals surface area contributed by atoms with E-state index in [9.17, 15) is 0 Å². The van der Waals surface area contributed by atoms with Gasteiger partial charge < -0.3 is 4.42 Å². The maximum atomic E-state index is 6.71. The molecular formula is C50H30O. The Hall–Kier alpha value is -6.70. The molecule has 0 bridgehead atoms. The van der Waals surface area contributed by atoms with E-state index in [2.05, 4.69) is 182 Å². The molecule has 1 heterocycles. The van der Waals surface area contributed by atoms with Crippen LogP contribution in [0.5, 0.6) is 0 Å². The van der Waals surface area contributed by atoms with Crippen molar-refractivity contribution in [3.63, 3.8) is 0 Å². The van der Waals surface area contributed by atoms with Gasteiger partial charge in [-0.15, -0.1) is 0 Å². The van der Waals surface area contributed by atoms with Gasteiger partial charge in [-0.3, -0.25) is 0 Å². The van der Waals surface area contributed by atoms with Crippen LogP contribution in [0.3, 0.4) is 0 Å². The molecule has 0 saturated carbocycles. The number of fused-ring (bicyclic) bond motifs is 9. The summed E-state index contributed by atoms with van der Waals surface area (Å²) in [4.78, 5) is 0. The molecule has 0 fully saturated rings. The standard InChI is InChI=1S/C50H30O/c1-2-14-33-30-34(25-24-31(33)12-1)47-39-18-7-9-20-41(39)48(42-21-10-8-19-40(42)47)43-28-27-38(36-16-5-6-17-37(36)43)44-22-11-23-45-49-35-15-4-3-13-32(35)26-29-46(49)51-50(44)45/h1-30H. The average Bonchev–Trinajstić information content (AvgIpc) is 3.59. The first-order chi connectivity index (χ1) is 25.3. The van der Waals surface area contributed by atoms with E-state index < -0.39 is 0 Å². The first-order valence-electron chi connectivity index (χ1n) is 17.6. The van der Waals surface area contributed by atoms with E-state index in [0.29, 0.717) is 0 Å². The minimum absolute atomic E-state index is 0.918. The Morgan fingerprint density at radius 3 is 1.55 bits per heavy atom. The van der Waals surface area contributed by atoms with Crippen LogP contribution in [0, 0.1) is 0 Å². The summed E-state index contributed by atoms with van der Waals surface area (Å²) >= 11 is 0. The van der Waals surface area contributed by atoms with Gasteiger partial charge in [-0.25, -0.2) is 0 Å². The summed E-state index contributed by atoms with van der Waals surface area (Å²) in [5.74, 6) is 0. The molecule has 11 aromatic rings. The SMILES string of the molecule is c1ccc2cc(-c3c4ccccc4c(-c4ccc(-c5cccc6c5oc5ccc7ccccc7c56)c5ccccc45)c4ccccc34)ccc2c1. The highest BCUT2D eigenvalue weighted by molar-refractivity contribution is 6.25. The summed E-state index contributed by atoms with van der Waals surface area (Å²) in [5.41, 5.74) is 9.14. The second kappa shape index (κ2) is 10.9. The minimum atomic E-state index is 0.918. The summed E-state index contributed by atoms with van der Waals surface area (Å²) < 4.78 is 6.71. The zero-order valence-electron chi connectivity index (χ0n) is 27.7. The molecule has 0 radical (unpaired) electrons. The Labute approximate surface area is 294 Å². The van der Waals surface area contributed by atoms with Gasteiger partial charge in [0.25, 0.3) is 0 Å². The Bertz CT molecular complexity index is 3140. The van der Waals surface area contributed by atoms with E-state index in [0.717, 1.165) is 22.1 Å². The lowest BCUT2D eigenvalue weighted by molar-refractivity contribution is 0.670. The maximum absolute atomic E-state index is 6.71. The molecule has 0 unspecified atom stereocenters. The molecule has 1 aromatic heterocycles. The average molecular weight is 647 g/mol. The Kier molecular flexibility index (Phi) is 6.02. The van der Waals surface area contributed by atoms with Crippen LogP contribution in [0.15, 0.2) is 186 Å². The third kappa shape index (κ3) is 4.16. The topological polar surface area (TPSA) is 13.1 Å². The largest absolute Gasteiger partial charge is 0.455 e. The lowest BCUT2D eigenvalue weighted by Gasteiger charge is -2.20. The van der Waals surface area contributed by atoms with Crippen LogP contribution in [-0.2, 0) is 0 Å². The van der Waals surface area contributed by atoms with Crippen molar-refractivity contribution in [2.75, 3.05) is 0 Å². The van der Waals surface area contributed by atoms with Crippen LogP contribution < -0.4 is 0 Å². The first-order valence-corrected chi connectivity index (χ1v) is 17.6. The van der Waals surface area contributed by atoms with E-state index >= 15 is 0 Å². The molecule has 0 aliphatic rings. The van der Waals surface area contributed by atoms with Gasteiger partial charge in [-0.2, -0.15) is 0 Å². The Morgan fingerprint density at radius 1 is 0.294 bits per heavy atom. The fraction of sp³-hybridized carbons (Fsp3) is 0. The highest BCUT2D eigenvalue weighted by atomic mass is 16.3. The summed E-state index contributed by atoms with van der Waals surface area (Å²) in [6, 6.07) is 66.3. The fourth-order valence-corrected chi connectivity index (χ4v) is 8.61. The molecule has 0 saturated heterocycles. The van der Waals surface area contributed by atoms with Crippen molar-refractivity contribution in [2.45, 2.75) is 0 Å². The maximum Gasteiger partial charge on any atom is 0.143 e. The van der Waals surface area contributed by atoms with Crippen LogP contribution in [0.25, 0.3) is 109 Å². The van der Waals surface area contributed by atoms with Crippen molar-refractivity contribution < 1.29 is 4.42 Å². The summed E-state index contributed by atoms with van der Waals surface area (Å²) in [5, 5.41) is 14.7. The number of hydrogen-bond acceptors (Lipinski definition) is 1. The van der Waals surface area contributed by atoms with Crippen molar-refractivity contribution >= 4 is 75.8 Å². The van der Waals surface area contributed by atoms with Crippen LogP contribution in [-0.4, -0.2) is 0 Å². The smallest absolute Gasteiger partial charge is 0.143 e. The van der Waals surface area contributed by atoms with Crippen molar-refractivity contribution in [3.05, 3.63) is 182 Å². The molecule has 0 spiro atoms.